The molecule has 2 aromatic carbocycles. The van der Waals surface area contributed by atoms with Gasteiger partial charge in [0.05, 0.1) is 7.11 Å². The van der Waals surface area contributed by atoms with Gasteiger partial charge in [-0.15, -0.1) is 0 Å². The van der Waals surface area contributed by atoms with E-state index in [2.05, 4.69) is 0 Å². The van der Waals surface area contributed by atoms with Crippen LogP contribution in [0, 0.1) is 11.7 Å². The van der Waals surface area contributed by atoms with Gasteiger partial charge in [-0.05, 0) is 60.2 Å². The van der Waals surface area contributed by atoms with Crippen LogP contribution in [0.2, 0.25) is 5.02 Å². The number of ether oxygens (including phenoxy) is 1. The van der Waals surface area contributed by atoms with Crippen LogP contribution in [0.5, 0.6) is 5.75 Å². The summed E-state index contributed by atoms with van der Waals surface area (Å²) < 4.78 is 18.4. The molecule has 2 rings (SSSR count). The monoisotopic (exact) mass is 308 g/mol. The molecule has 0 saturated heterocycles. The number of halogens is 2. The molecular formula is C17H18ClFO2. The summed E-state index contributed by atoms with van der Waals surface area (Å²) in [6, 6.07) is 12.0. The average Bonchev–Trinajstić information content (AvgIpc) is 2.51. The Labute approximate surface area is 129 Å². The molecule has 0 radical (unpaired) electrons. The van der Waals surface area contributed by atoms with Crippen LogP contribution in [0.15, 0.2) is 42.5 Å². The third-order valence-electron chi connectivity index (χ3n) is 3.46. The van der Waals surface area contributed by atoms with Crippen molar-refractivity contribution in [1.82, 2.24) is 0 Å². The lowest BCUT2D eigenvalue weighted by molar-refractivity contribution is 0.225. The number of methoxy groups -OCH3 is 1. The molecule has 4 heteroatoms. The molecule has 2 aromatic rings. The number of benzene rings is 2. The second-order valence-electron chi connectivity index (χ2n) is 5.04. The maximum absolute atomic E-state index is 13.3. The minimum atomic E-state index is -0.310. The molecule has 2 nitrogen and oxygen atoms in total. The summed E-state index contributed by atoms with van der Waals surface area (Å²) in [6.07, 6.45) is 1.24. The summed E-state index contributed by atoms with van der Waals surface area (Å²) >= 11 is 6.07. The van der Waals surface area contributed by atoms with Crippen LogP contribution in [0.4, 0.5) is 4.39 Å². The van der Waals surface area contributed by atoms with Gasteiger partial charge >= 0.3 is 0 Å². The summed E-state index contributed by atoms with van der Waals surface area (Å²) in [6.45, 7) is 0.0267. The van der Waals surface area contributed by atoms with Crippen molar-refractivity contribution >= 4 is 11.6 Å². The van der Waals surface area contributed by atoms with E-state index < -0.39 is 0 Å². The van der Waals surface area contributed by atoms with Gasteiger partial charge in [-0.3, -0.25) is 0 Å². The van der Waals surface area contributed by atoms with E-state index in [4.69, 9.17) is 16.3 Å². The molecule has 0 fully saturated rings. The number of aliphatic hydroxyl groups is 1. The van der Waals surface area contributed by atoms with Crippen molar-refractivity contribution in [1.29, 1.82) is 0 Å². The van der Waals surface area contributed by atoms with E-state index in [1.165, 1.54) is 12.1 Å². The van der Waals surface area contributed by atoms with Gasteiger partial charge in [-0.1, -0.05) is 23.7 Å². The topological polar surface area (TPSA) is 29.5 Å². The van der Waals surface area contributed by atoms with Crippen molar-refractivity contribution in [2.24, 2.45) is 5.92 Å². The van der Waals surface area contributed by atoms with E-state index in [9.17, 15) is 9.50 Å². The quantitative estimate of drug-likeness (QED) is 0.877. The van der Waals surface area contributed by atoms with E-state index in [0.29, 0.717) is 17.9 Å². The average molecular weight is 309 g/mol. The molecule has 0 spiro atoms. The Morgan fingerprint density at radius 1 is 1.14 bits per heavy atom. The van der Waals surface area contributed by atoms with E-state index in [1.807, 2.05) is 24.3 Å². The van der Waals surface area contributed by atoms with Gasteiger partial charge in [0, 0.05) is 11.6 Å². The minimum absolute atomic E-state index is 0.00213. The normalized spacial score (nSPS) is 12.2. The summed E-state index contributed by atoms with van der Waals surface area (Å²) in [7, 11) is 1.62. The third kappa shape index (κ3) is 4.45. The van der Waals surface area contributed by atoms with Crippen molar-refractivity contribution in [2.75, 3.05) is 13.7 Å². The van der Waals surface area contributed by atoms with Crippen molar-refractivity contribution in [3.8, 4) is 5.75 Å². The molecular weight excluding hydrogens is 291 g/mol. The molecule has 1 N–H and O–H groups in total. The van der Waals surface area contributed by atoms with Crippen LogP contribution in [-0.4, -0.2) is 18.8 Å². The third-order valence-corrected chi connectivity index (χ3v) is 3.83. The van der Waals surface area contributed by atoms with Crippen molar-refractivity contribution in [2.45, 2.75) is 12.8 Å². The van der Waals surface area contributed by atoms with Crippen molar-refractivity contribution in [3.05, 3.63) is 64.4 Å². The van der Waals surface area contributed by atoms with E-state index in [1.54, 1.807) is 13.2 Å². The molecule has 0 bridgehead atoms. The Bertz CT molecular complexity index is 584. The Morgan fingerprint density at radius 3 is 2.48 bits per heavy atom. The van der Waals surface area contributed by atoms with Crippen LogP contribution < -0.4 is 4.74 Å². The fourth-order valence-electron chi connectivity index (χ4n) is 2.31. The van der Waals surface area contributed by atoms with E-state index in [-0.39, 0.29) is 18.3 Å². The van der Waals surface area contributed by atoms with Crippen molar-refractivity contribution < 1.29 is 14.2 Å². The molecule has 0 aliphatic carbocycles. The van der Waals surface area contributed by atoms with E-state index in [0.717, 1.165) is 16.9 Å². The Balaban J connectivity index is 2.07. The first-order chi connectivity index (χ1) is 10.1. The second kappa shape index (κ2) is 7.43. The SMILES string of the molecule is COc1ccc(CC(CO)Cc2cc(F)ccc2Cl)cc1. The molecule has 0 heterocycles. The zero-order valence-electron chi connectivity index (χ0n) is 11.9. The second-order valence-corrected chi connectivity index (χ2v) is 5.45. The first-order valence-electron chi connectivity index (χ1n) is 6.80. The summed E-state index contributed by atoms with van der Waals surface area (Å²) in [5, 5.41) is 10.1. The van der Waals surface area contributed by atoms with E-state index >= 15 is 0 Å². The molecule has 0 saturated carbocycles. The molecule has 112 valence electrons. The molecule has 0 amide bonds. The van der Waals surface area contributed by atoms with Gasteiger partial charge in [0.25, 0.3) is 0 Å². The smallest absolute Gasteiger partial charge is 0.123 e. The zero-order chi connectivity index (χ0) is 15.2. The van der Waals surface area contributed by atoms with Gasteiger partial charge in [-0.25, -0.2) is 4.39 Å². The van der Waals surface area contributed by atoms with Crippen molar-refractivity contribution in [3.63, 3.8) is 0 Å². The largest absolute Gasteiger partial charge is 0.497 e. The summed E-state index contributed by atoms with van der Waals surface area (Å²) in [5.74, 6) is 0.487. The molecule has 0 aliphatic rings. The number of hydrogen-bond donors (Lipinski definition) is 1. The maximum Gasteiger partial charge on any atom is 0.123 e. The lowest BCUT2D eigenvalue weighted by Gasteiger charge is -2.15. The molecule has 1 atom stereocenters. The molecule has 21 heavy (non-hydrogen) atoms. The van der Waals surface area contributed by atoms with Crippen LogP contribution in [0.1, 0.15) is 11.1 Å². The van der Waals surface area contributed by atoms with Gasteiger partial charge in [0.1, 0.15) is 11.6 Å². The first-order valence-corrected chi connectivity index (χ1v) is 7.18. The lowest BCUT2D eigenvalue weighted by Crippen LogP contribution is -2.13. The van der Waals surface area contributed by atoms with Crippen LogP contribution in [0.3, 0.4) is 0 Å². The Hall–Kier alpha value is -1.58. The minimum Gasteiger partial charge on any atom is -0.497 e. The summed E-state index contributed by atoms with van der Waals surface area (Å²) in [5.41, 5.74) is 1.83. The molecule has 0 aromatic heterocycles. The predicted octanol–water partition coefficient (Wildman–Crippen LogP) is 3.88. The van der Waals surface area contributed by atoms with Crippen LogP contribution in [0.25, 0.3) is 0 Å². The van der Waals surface area contributed by atoms with Crippen LogP contribution >= 0.6 is 11.6 Å². The number of rotatable bonds is 6. The van der Waals surface area contributed by atoms with Gasteiger partial charge in [-0.2, -0.15) is 0 Å². The standard InChI is InChI=1S/C17H18ClFO2/c1-21-16-5-2-12(3-6-16)8-13(11-20)9-14-10-15(19)4-7-17(14)18/h2-7,10,13,20H,8-9,11H2,1H3. The van der Waals surface area contributed by atoms with Gasteiger partial charge in [0.2, 0.25) is 0 Å². The fourth-order valence-corrected chi connectivity index (χ4v) is 2.50. The highest BCUT2D eigenvalue weighted by Gasteiger charge is 2.13. The molecule has 0 aliphatic heterocycles. The zero-order valence-corrected chi connectivity index (χ0v) is 12.6. The molecule has 1 unspecified atom stereocenters. The maximum atomic E-state index is 13.3. The highest BCUT2D eigenvalue weighted by atomic mass is 35.5. The van der Waals surface area contributed by atoms with Gasteiger partial charge < -0.3 is 9.84 Å². The lowest BCUT2D eigenvalue weighted by atomic mass is 9.93. The number of aliphatic hydroxyl groups excluding tert-OH is 1. The fraction of sp³-hybridized carbons (Fsp3) is 0.294. The first kappa shape index (κ1) is 15.8. The van der Waals surface area contributed by atoms with Gasteiger partial charge in [0.15, 0.2) is 0 Å². The highest BCUT2D eigenvalue weighted by molar-refractivity contribution is 6.31. The highest BCUT2D eigenvalue weighted by Crippen LogP contribution is 2.23. The predicted molar refractivity (Wildman–Crippen MR) is 82.4 cm³/mol. The summed E-state index contributed by atoms with van der Waals surface area (Å²) in [4.78, 5) is 0. The van der Waals surface area contributed by atoms with Crippen LogP contribution in [-0.2, 0) is 12.8 Å². The Morgan fingerprint density at radius 2 is 1.86 bits per heavy atom. The number of hydrogen-bond acceptors (Lipinski definition) is 2. The Kier molecular flexibility index (Phi) is 5.59.